The molecule has 4 atom stereocenters. The molecule has 1 spiro atoms. The van der Waals surface area contributed by atoms with E-state index >= 15 is 0 Å². The lowest BCUT2D eigenvalue weighted by atomic mass is 9.73. The van der Waals surface area contributed by atoms with Crippen molar-refractivity contribution in [3.63, 3.8) is 0 Å². The van der Waals surface area contributed by atoms with Crippen LogP contribution < -0.4 is 5.32 Å². The molecular formula is C18H24N6O2S. The number of hydrogen-bond acceptors (Lipinski definition) is 7. The minimum Gasteiger partial charge on any atom is -0.370 e. The van der Waals surface area contributed by atoms with Gasteiger partial charge in [0.2, 0.25) is 0 Å². The number of thiazole rings is 1. The second-order valence-corrected chi connectivity index (χ2v) is 8.54. The number of likely N-dealkylation sites (tertiary alicyclic amines) is 1. The van der Waals surface area contributed by atoms with Crippen molar-refractivity contribution in [2.45, 2.75) is 44.6 Å². The monoisotopic (exact) mass is 388 g/mol. The van der Waals surface area contributed by atoms with E-state index < -0.39 is 0 Å². The molecule has 9 heteroatoms. The van der Waals surface area contributed by atoms with Crippen LogP contribution >= 0.6 is 11.3 Å². The third-order valence-electron chi connectivity index (χ3n) is 6.42. The van der Waals surface area contributed by atoms with E-state index in [0.717, 1.165) is 44.8 Å². The predicted octanol–water partition coefficient (Wildman–Crippen LogP) is 1.16. The first-order valence-corrected chi connectivity index (χ1v) is 10.6. The predicted molar refractivity (Wildman–Crippen MR) is 99.2 cm³/mol. The number of fused-ring (bicyclic) bond motifs is 1. The molecule has 5 heterocycles. The number of aromatic nitrogens is 4. The Morgan fingerprint density at radius 1 is 1.52 bits per heavy atom. The number of nitrogens with zero attached hydrogens (tertiary/aromatic N) is 5. The van der Waals surface area contributed by atoms with Crippen molar-refractivity contribution in [2.75, 3.05) is 19.6 Å². The summed E-state index contributed by atoms with van der Waals surface area (Å²) in [7, 11) is 0. The highest BCUT2D eigenvalue weighted by molar-refractivity contribution is 7.07. The molecule has 2 aromatic rings. The summed E-state index contributed by atoms with van der Waals surface area (Å²) in [6.45, 7) is 6.39. The molecule has 0 aliphatic carbocycles. The summed E-state index contributed by atoms with van der Waals surface area (Å²) in [5, 5.41) is 13.2. The summed E-state index contributed by atoms with van der Waals surface area (Å²) >= 11 is 1.44. The Morgan fingerprint density at radius 3 is 3.26 bits per heavy atom. The van der Waals surface area contributed by atoms with Crippen molar-refractivity contribution in [1.29, 1.82) is 0 Å². The molecule has 3 aliphatic heterocycles. The SMILES string of the molecule is CCn1cnnc1CN1C[C@@H]2[C@H](CNC(=O)c3cscn3)[C@H]3CC[C@]2(C1)O3. The number of nitrogens with one attached hydrogen (secondary N) is 1. The molecule has 3 aliphatic rings. The summed E-state index contributed by atoms with van der Waals surface area (Å²) in [4.78, 5) is 18.8. The number of carbonyl (C=O) groups is 1. The van der Waals surface area contributed by atoms with Gasteiger partial charge in [0.15, 0.2) is 0 Å². The van der Waals surface area contributed by atoms with Crippen LogP contribution in [0.3, 0.4) is 0 Å². The number of carbonyl (C=O) groups excluding carboxylic acids is 1. The van der Waals surface area contributed by atoms with E-state index in [2.05, 4.69) is 36.9 Å². The van der Waals surface area contributed by atoms with Crippen molar-refractivity contribution >= 4 is 17.2 Å². The zero-order valence-electron chi connectivity index (χ0n) is 15.4. The molecule has 0 aromatic carbocycles. The Bertz CT molecular complexity index is 824. The van der Waals surface area contributed by atoms with E-state index in [-0.39, 0.29) is 17.6 Å². The molecule has 5 rings (SSSR count). The maximum absolute atomic E-state index is 12.3. The first-order valence-electron chi connectivity index (χ1n) is 9.62. The van der Waals surface area contributed by atoms with Crippen LogP contribution in [0, 0.1) is 11.8 Å². The maximum atomic E-state index is 12.3. The minimum absolute atomic E-state index is 0.0439. The van der Waals surface area contributed by atoms with Crippen LogP contribution in [0.4, 0.5) is 0 Å². The Hall–Kier alpha value is -1.84. The Kier molecular flexibility index (Phi) is 4.25. The van der Waals surface area contributed by atoms with Gasteiger partial charge in [0.05, 0.1) is 23.8 Å². The zero-order chi connectivity index (χ0) is 18.4. The first-order chi connectivity index (χ1) is 13.2. The van der Waals surface area contributed by atoms with Crippen LogP contribution in [0.15, 0.2) is 17.2 Å². The normalized spacial score (nSPS) is 32.1. The van der Waals surface area contributed by atoms with Gasteiger partial charge in [0.25, 0.3) is 5.91 Å². The number of aryl methyl sites for hydroxylation is 1. The highest BCUT2D eigenvalue weighted by atomic mass is 32.1. The van der Waals surface area contributed by atoms with E-state index in [9.17, 15) is 4.79 Å². The van der Waals surface area contributed by atoms with Crippen molar-refractivity contribution in [3.05, 3.63) is 28.7 Å². The molecule has 2 aromatic heterocycles. The van der Waals surface area contributed by atoms with Gasteiger partial charge in [-0.05, 0) is 19.8 Å². The third-order valence-corrected chi connectivity index (χ3v) is 7.01. The quantitative estimate of drug-likeness (QED) is 0.799. The van der Waals surface area contributed by atoms with Gasteiger partial charge in [-0.2, -0.15) is 0 Å². The van der Waals surface area contributed by atoms with Gasteiger partial charge in [-0.25, -0.2) is 4.98 Å². The molecule has 144 valence electrons. The van der Waals surface area contributed by atoms with E-state index in [1.165, 1.54) is 11.3 Å². The topological polar surface area (TPSA) is 85.2 Å². The van der Waals surface area contributed by atoms with E-state index in [4.69, 9.17) is 4.74 Å². The van der Waals surface area contributed by atoms with Crippen LogP contribution in [-0.2, 0) is 17.8 Å². The molecule has 27 heavy (non-hydrogen) atoms. The summed E-state index contributed by atoms with van der Waals surface area (Å²) in [6.07, 6.45) is 4.28. The molecule has 2 bridgehead atoms. The number of ether oxygens (including phenoxy) is 1. The lowest BCUT2D eigenvalue weighted by Crippen LogP contribution is -2.42. The van der Waals surface area contributed by atoms with Crippen LogP contribution in [0.5, 0.6) is 0 Å². The summed E-state index contributed by atoms with van der Waals surface area (Å²) < 4.78 is 8.57. The van der Waals surface area contributed by atoms with E-state index in [1.54, 1.807) is 17.2 Å². The standard InChI is InChI=1S/C18H24N6O2S/c1-2-24-10-21-22-16(24)7-23-6-13-12(15-3-4-18(13,9-23)26-15)5-19-17(25)14-8-27-11-20-14/h8,10-13,15H,2-7,9H2,1H3,(H,19,25)/t12-,13+,15+,18+/m0/s1. The average molecular weight is 388 g/mol. The fourth-order valence-corrected chi connectivity index (χ4v) is 5.70. The number of amides is 1. The molecule has 0 unspecified atom stereocenters. The smallest absolute Gasteiger partial charge is 0.270 e. The van der Waals surface area contributed by atoms with Gasteiger partial charge in [0, 0.05) is 43.4 Å². The minimum atomic E-state index is -0.0843. The van der Waals surface area contributed by atoms with Crippen LogP contribution in [0.1, 0.15) is 36.1 Å². The van der Waals surface area contributed by atoms with Crippen LogP contribution in [0.25, 0.3) is 0 Å². The Balaban J connectivity index is 1.26. The molecular weight excluding hydrogens is 364 g/mol. The van der Waals surface area contributed by atoms with Gasteiger partial charge >= 0.3 is 0 Å². The number of rotatable bonds is 6. The Morgan fingerprint density at radius 2 is 2.44 bits per heavy atom. The maximum Gasteiger partial charge on any atom is 0.270 e. The van der Waals surface area contributed by atoms with Crippen molar-refractivity contribution in [1.82, 2.24) is 30.0 Å². The lowest BCUT2D eigenvalue weighted by Gasteiger charge is -2.29. The van der Waals surface area contributed by atoms with Gasteiger partial charge in [-0.15, -0.1) is 21.5 Å². The molecule has 8 nitrogen and oxygen atoms in total. The second kappa shape index (κ2) is 6.65. The number of hydrogen-bond donors (Lipinski definition) is 1. The fraction of sp³-hybridized carbons (Fsp3) is 0.667. The molecule has 1 amide bonds. The summed E-state index contributed by atoms with van der Waals surface area (Å²) in [5.41, 5.74) is 2.15. The van der Waals surface area contributed by atoms with Gasteiger partial charge in [-0.1, -0.05) is 0 Å². The molecule has 0 radical (unpaired) electrons. The molecule has 3 saturated heterocycles. The highest BCUT2D eigenvalue weighted by Gasteiger charge is 2.62. The van der Waals surface area contributed by atoms with Gasteiger partial charge < -0.3 is 14.6 Å². The lowest BCUT2D eigenvalue weighted by molar-refractivity contribution is 0.00186. The fourth-order valence-electron chi connectivity index (χ4n) is 5.17. The third kappa shape index (κ3) is 2.88. The van der Waals surface area contributed by atoms with Gasteiger partial charge in [0.1, 0.15) is 17.8 Å². The molecule has 0 saturated carbocycles. The van der Waals surface area contributed by atoms with Crippen molar-refractivity contribution < 1.29 is 9.53 Å². The molecule has 1 N–H and O–H groups in total. The van der Waals surface area contributed by atoms with Crippen LogP contribution in [0.2, 0.25) is 0 Å². The first kappa shape index (κ1) is 17.3. The molecule has 3 fully saturated rings. The van der Waals surface area contributed by atoms with E-state index in [0.29, 0.717) is 24.1 Å². The largest absolute Gasteiger partial charge is 0.370 e. The Labute approximate surface area is 161 Å². The summed E-state index contributed by atoms with van der Waals surface area (Å²) in [5.74, 6) is 1.76. The van der Waals surface area contributed by atoms with Gasteiger partial charge in [-0.3, -0.25) is 9.69 Å². The average Bonchev–Trinajstić information content (AvgIpc) is 3.45. The van der Waals surface area contributed by atoms with Crippen molar-refractivity contribution in [2.24, 2.45) is 11.8 Å². The van der Waals surface area contributed by atoms with E-state index in [1.807, 2.05) is 0 Å². The zero-order valence-corrected chi connectivity index (χ0v) is 16.2. The summed E-state index contributed by atoms with van der Waals surface area (Å²) in [6, 6.07) is 0. The second-order valence-electron chi connectivity index (χ2n) is 7.82. The van der Waals surface area contributed by atoms with Crippen LogP contribution in [-0.4, -0.2) is 61.9 Å². The van der Waals surface area contributed by atoms with Crippen molar-refractivity contribution in [3.8, 4) is 0 Å². The highest BCUT2D eigenvalue weighted by Crippen LogP contribution is 2.54.